The van der Waals surface area contributed by atoms with Crippen molar-refractivity contribution >= 4 is 0 Å². The van der Waals surface area contributed by atoms with Crippen LogP contribution in [0.15, 0.2) is 24.3 Å². The van der Waals surface area contributed by atoms with Crippen molar-refractivity contribution in [3.05, 3.63) is 24.3 Å². The number of rotatable bonds is 2. The molecule has 0 aliphatic rings. The monoisotopic (exact) mass is 122 g/mol. The highest BCUT2D eigenvalue weighted by Gasteiger charge is 1.57. The zero-order valence-electron chi connectivity index (χ0n) is 6.17. The molecule has 0 rings (SSSR count). The van der Waals surface area contributed by atoms with Gasteiger partial charge in [0, 0.05) is 0 Å². The highest BCUT2D eigenvalue weighted by atomic mass is 13.6. The van der Waals surface area contributed by atoms with Gasteiger partial charge in [0.05, 0.1) is 0 Å². The summed E-state index contributed by atoms with van der Waals surface area (Å²) in [5.74, 6) is 0. The predicted molar refractivity (Wildman–Crippen MR) is 44.1 cm³/mol. The standard InChI is InChI=1S/C7H12.C2H2/c1-3-5-7-6-4-2;1-2/h3,5-7H,4H2,1-2H3;1-2H/b5-3-,7-6-;. The molecular weight excluding hydrogens is 108 g/mol. The van der Waals surface area contributed by atoms with Crippen molar-refractivity contribution in [2.45, 2.75) is 20.3 Å². The summed E-state index contributed by atoms with van der Waals surface area (Å²) in [4.78, 5) is 0. The fraction of sp³-hybridized carbons (Fsp3) is 0.333. The number of hydrogen-bond donors (Lipinski definition) is 0. The Morgan fingerprint density at radius 3 is 2.11 bits per heavy atom. The second kappa shape index (κ2) is 15.7. The van der Waals surface area contributed by atoms with E-state index in [1.54, 1.807) is 0 Å². The second-order valence-corrected chi connectivity index (χ2v) is 1.36. The van der Waals surface area contributed by atoms with E-state index in [-0.39, 0.29) is 0 Å². The van der Waals surface area contributed by atoms with Crippen LogP contribution in [0.3, 0.4) is 0 Å². The van der Waals surface area contributed by atoms with Gasteiger partial charge < -0.3 is 0 Å². The Morgan fingerprint density at radius 1 is 1.22 bits per heavy atom. The third-order valence-corrected chi connectivity index (χ3v) is 0.675. The quantitative estimate of drug-likeness (QED) is 0.390. The second-order valence-electron chi connectivity index (χ2n) is 1.36. The molecule has 0 nitrogen and oxygen atoms in total. The lowest BCUT2D eigenvalue weighted by molar-refractivity contribution is 1.22. The van der Waals surface area contributed by atoms with Crippen molar-refractivity contribution in [3.8, 4) is 12.8 Å². The first-order valence-electron chi connectivity index (χ1n) is 3.03. The summed E-state index contributed by atoms with van der Waals surface area (Å²) in [6, 6.07) is 0. The lowest BCUT2D eigenvalue weighted by atomic mass is 10.4. The van der Waals surface area contributed by atoms with E-state index in [1.165, 1.54) is 0 Å². The van der Waals surface area contributed by atoms with E-state index in [1.807, 2.05) is 19.1 Å². The lowest BCUT2D eigenvalue weighted by Gasteiger charge is -1.70. The van der Waals surface area contributed by atoms with Crippen LogP contribution in [0.5, 0.6) is 0 Å². The molecule has 0 unspecified atom stereocenters. The highest BCUT2D eigenvalue weighted by molar-refractivity contribution is 5.00. The third-order valence-electron chi connectivity index (χ3n) is 0.675. The van der Waals surface area contributed by atoms with E-state index in [0.717, 1.165) is 6.42 Å². The molecule has 0 aromatic heterocycles. The number of allylic oxidation sites excluding steroid dienone is 4. The van der Waals surface area contributed by atoms with Crippen LogP contribution in [0.1, 0.15) is 20.3 Å². The van der Waals surface area contributed by atoms with E-state index in [2.05, 4.69) is 31.9 Å². The summed E-state index contributed by atoms with van der Waals surface area (Å²) in [7, 11) is 0. The van der Waals surface area contributed by atoms with Gasteiger partial charge in [0.2, 0.25) is 0 Å². The van der Waals surface area contributed by atoms with Crippen LogP contribution < -0.4 is 0 Å². The van der Waals surface area contributed by atoms with Crippen molar-refractivity contribution in [2.75, 3.05) is 0 Å². The molecule has 0 aromatic rings. The van der Waals surface area contributed by atoms with Gasteiger partial charge in [-0.3, -0.25) is 0 Å². The van der Waals surface area contributed by atoms with Crippen LogP contribution in [-0.2, 0) is 0 Å². The van der Waals surface area contributed by atoms with Gasteiger partial charge in [-0.25, -0.2) is 0 Å². The van der Waals surface area contributed by atoms with Gasteiger partial charge in [-0.05, 0) is 13.3 Å². The summed E-state index contributed by atoms with van der Waals surface area (Å²) in [5, 5.41) is 0. The molecule has 0 radical (unpaired) electrons. The summed E-state index contributed by atoms with van der Waals surface area (Å²) in [6.45, 7) is 4.14. The Hall–Kier alpha value is -0.960. The molecule has 0 aliphatic heterocycles. The first-order valence-corrected chi connectivity index (χ1v) is 3.03. The van der Waals surface area contributed by atoms with Gasteiger partial charge in [0.1, 0.15) is 0 Å². The molecule has 0 heteroatoms. The molecule has 0 aromatic carbocycles. The molecule has 0 amide bonds. The minimum Gasteiger partial charge on any atom is -0.124 e. The van der Waals surface area contributed by atoms with E-state index < -0.39 is 0 Å². The van der Waals surface area contributed by atoms with Crippen molar-refractivity contribution in [2.24, 2.45) is 0 Å². The van der Waals surface area contributed by atoms with E-state index in [4.69, 9.17) is 0 Å². The highest BCUT2D eigenvalue weighted by Crippen LogP contribution is 1.79. The fourth-order valence-electron chi connectivity index (χ4n) is 0.326. The van der Waals surface area contributed by atoms with Crippen molar-refractivity contribution in [3.63, 3.8) is 0 Å². The maximum atomic E-state index is 4.00. The largest absolute Gasteiger partial charge is 0.124 e. The zero-order chi connectivity index (χ0) is 7.54. The SMILES string of the molecule is C#C.C/C=C\C=C/CC. The lowest BCUT2D eigenvalue weighted by Crippen LogP contribution is -1.48. The van der Waals surface area contributed by atoms with Gasteiger partial charge in [-0.1, -0.05) is 31.2 Å². The molecular formula is C9H14. The van der Waals surface area contributed by atoms with Crippen LogP contribution in [0, 0.1) is 12.8 Å². The van der Waals surface area contributed by atoms with Crippen LogP contribution in [0.4, 0.5) is 0 Å². The Balaban J connectivity index is 0. The van der Waals surface area contributed by atoms with Crippen molar-refractivity contribution in [1.82, 2.24) is 0 Å². The van der Waals surface area contributed by atoms with Crippen LogP contribution in [0.25, 0.3) is 0 Å². The first-order chi connectivity index (χ1) is 4.41. The Bertz CT molecular complexity index is 93.9. The minimum atomic E-state index is 1.13. The van der Waals surface area contributed by atoms with Crippen molar-refractivity contribution < 1.29 is 0 Å². The van der Waals surface area contributed by atoms with E-state index in [9.17, 15) is 0 Å². The van der Waals surface area contributed by atoms with Crippen LogP contribution >= 0.6 is 0 Å². The predicted octanol–water partition coefficient (Wildman–Crippen LogP) is 2.78. The molecule has 0 spiro atoms. The topological polar surface area (TPSA) is 0 Å². The van der Waals surface area contributed by atoms with Gasteiger partial charge in [-0.2, -0.15) is 0 Å². The molecule has 0 saturated heterocycles. The van der Waals surface area contributed by atoms with Gasteiger partial charge in [0.15, 0.2) is 0 Å². The molecule has 0 N–H and O–H groups in total. The van der Waals surface area contributed by atoms with E-state index in [0.29, 0.717) is 0 Å². The average Bonchev–Trinajstić information content (AvgIpc) is 1.94. The third kappa shape index (κ3) is 19.4. The molecule has 0 fully saturated rings. The van der Waals surface area contributed by atoms with Gasteiger partial charge in [-0.15, -0.1) is 12.8 Å². The molecule has 0 heterocycles. The summed E-state index contributed by atoms with van der Waals surface area (Å²) >= 11 is 0. The normalized spacial score (nSPS) is 9.33. The first kappa shape index (κ1) is 10.9. The Morgan fingerprint density at radius 2 is 1.78 bits per heavy atom. The summed E-state index contributed by atoms with van der Waals surface area (Å²) in [6.07, 6.45) is 17.4. The Kier molecular flexibility index (Phi) is 19.1. The summed E-state index contributed by atoms with van der Waals surface area (Å²) in [5.41, 5.74) is 0. The fourth-order valence-corrected chi connectivity index (χ4v) is 0.326. The van der Waals surface area contributed by atoms with Crippen LogP contribution in [-0.4, -0.2) is 0 Å². The van der Waals surface area contributed by atoms with E-state index >= 15 is 0 Å². The van der Waals surface area contributed by atoms with Crippen LogP contribution in [0.2, 0.25) is 0 Å². The molecule has 9 heavy (non-hydrogen) atoms. The Labute approximate surface area is 58.3 Å². The number of hydrogen-bond acceptors (Lipinski definition) is 0. The average molecular weight is 122 g/mol. The zero-order valence-corrected chi connectivity index (χ0v) is 6.17. The van der Waals surface area contributed by atoms with Gasteiger partial charge >= 0.3 is 0 Å². The maximum Gasteiger partial charge on any atom is -0.0376 e. The molecule has 0 aliphatic carbocycles. The minimum absolute atomic E-state index is 1.13. The number of terminal acetylenes is 1. The molecule has 0 saturated carbocycles. The molecule has 0 atom stereocenters. The smallest absolute Gasteiger partial charge is 0.0376 e. The molecule has 50 valence electrons. The molecule has 0 bridgehead atoms. The summed E-state index contributed by atoms with van der Waals surface area (Å²) < 4.78 is 0. The van der Waals surface area contributed by atoms with Crippen molar-refractivity contribution in [1.29, 1.82) is 0 Å². The maximum absolute atomic E-state index is 4.00. The van der Waals surface area contributed by atoms with Gasteiger partial charge in [0.25, 0.3) is 0 Å².